The van der Waals surface area contributed by atoms with E-state index in [1.54, 1.807) is 34.6 Å². The molecule has 0 radical (unpaired) electrons. The van der Waals surface area contributed by atoms with Crippen LogP contribution in [0.5, 0.6) is 5.75 Å². The second-order valence-electron chi connectivity index (χ2n) is 8.00. The van der Waals surface area contributed by atoms with Crippen LogP contribution in [-0.4, -0.2) is 43.7 Å². The molecule has 0 atom stereocenters. The van der Waals surface area contributed by atoms with Crippen molar-refractivity contribution in [3.8, 4) is 5.75 Å². The first-order valence-electron chi connectivity index (χ1n) is 11.0. The highest BCUT2D eigenvalue weighted by Crippen LogP contribution is 2.28. The van der Waals surface area contributed by atoms with Gasteiger partial charge in [0.05, 0.1) is 36.9 Å². The molecule has 1 aromatic carbocycles. The fourth-order valence-electron chi connectivity index (χ4n) is 4.00. The topological polar surface area (TPSA) is 80.1 Å². The maximum Gasteiger partial charge on any atom is 0.258 e. The smallest absolute Gasteiger partial charge is 0.258 e. The molecule has 0 N–H and O–H groups in total. The lowest BCUT2D eigenvalue weighted by molar-refractivity contribution is 0.0716. The Morgan fingerprint density at radius 2 is 1.88 bits per heavy atom. The van der Waals surface area contributed by atoms with Crippen LogP contribution in [0.25, 0.3) is 0 Å². The molecule has 176 valence electrons. The van der Waals surface area contributed by atoms with Crippen molar-refractivity contribution in [1.29, 1.82) is 0 Å². The highest BCUT2D eigenvalue weighted by Gasteiger charge is 2.28. The van der Waals surface area contributed by atoms with E-state index < -0.39 is 10.0 Å². The third kappa shape index (κ3) is 5.48. The van der Waals surface area contributed by atoms with Crippen molar-refractivity contribution >= 4 is 27.3 Å². The molecule has 9 heteroatoms. The number of ether oxygens (including phenoxy) is 1. The van der Waals surface area contributed by atoms with E-state index in [9.17, 15) is 13.2 Å². The average molecular weight is 489 g/mol. The van der Waals surface area contributed by atoms with Crippen molar-refractivity contribution in [2.75, 3.05) is 20.2 Å². The van der Waals surface area contributed by atoms with Crippen molar-refractivity contribution in [3.63, 3.8) is 0 Å². The molecule has 7 nitrogen and oxygen atoms in total. The van der Waals surface area contributed by atoms with Gasteiger partial charge in [0.1, 0.15) is 11.5 Å². The molecule has 1 aliphatic heterocycles. The first-order valence-corrected chi connectivity index (χ1v) is 13.3. The van der Waals surface area contributed by atoms with Gasteiger partial charge in [-0.25, -0.2) is 8.42 Å². The van der Waals surface area contributed by atoms with Crippen molar-refractivity contribution in [3.05, 3.63) is 70.3 Å². The van der Waals surface area contributed by atoms with Gasteiger partial charge in [0, 0.05) is 18.0 Å². The van der Waals surface area contributed by atoms with Crippen LogP contribution in [0.2, 0.25) is 0 Å². The molecule has 3 heterocycles. The molecule has 33 heavy (non-hydrogen) atoms. The molecule has 0 spiro atoms. The average Bonchev–Trinajstić information content (AvgIpc) is 3.46. The summed E-state index contributed by atoms with van der Waals surface area (Å²) in [7, 11) is -2.22. The highest BCUT2D eigenvalue weighted by molar-refractivity contribution is 7.89. The van der Waals surface area contributed by atoms with Gasteiger partial charge < -0.3 is 14.1 Å². The third-order valence-electron chi connectivity index (χ3n) is 5.74. The van der Waals surface area contributed by atoms with Gasteiger partial charge in [-0.2, -0.15) is 4.31 Å². The molecule has 3 aromatic rings. The van der Waals surface area contributed by atoms with E-state index in [2.05, 4.69) is 0 Å². The van der Waals surface area contributed by atoms with Crippen LogP contribution >= 0.6 is 11.3 Å². The quantitative estimate of drug-likeness (QED) is 0.457. The summed E-state index contributed by atoms with van der Waals surface area (Å²) in [4.78, 5) is 16.5. The zero-order valence-corrected chi connectivity index (χ0v) is 20.2. The Labute approximate surface area is 198 Å². The Hall–Kier alpha value is -2.62. The van der Waals surface area contributed by atoms with E-state index in [-0.39, 0.29) is 22.9 Å². The zero-order valence-electron chi connectivity index (χ0n) is 18.6. The van der Waals surface area contributed by atoms with E-state index in [1.807, 2.05) is 23.6 Å². The van der Waals surface area contributed by atoms with E-state index in [0.29, 0.717) is 31.1 Å². The fraction of sp³-hybridized carbons (Fsp3) is 0.375. The summed E-state index contributed by atoms with van der Waals surface area (Å²) < 4.78 is 39.1. The van der Waals surface area contributed by atoms with Gasteiger partial charge in [0.2, 0.25) is 10.0 Å². The summed E-state index contributed by atoms with van der Waals surface area (Å²) in [6, 6.07) is 12.0. The zero-order chi connectivity index (χ0) is 23.3. The third-order valence-corrected chi connectivity index (χ3v) is 8.50. The van der Waals surface area contributed by atoms with Gasteiger partial charge in [-0.1, -0.05) is 18.9 Å². The summed E-state index contributed by atoms with van der Waals surface area (Å²) in [5.74, 6) is 0.669. The lowest BCUT2D eigenvalue weighted by Gasteiger charge is -2.24. The number of methoxy groups -OCH3 is 1. The van der Waals surface area contributed by atoms with Gasteiger partial charge in [-0.15, -0.1) is 11.3 Å². The minimum Gasteiger partial charge on any atom is -0.496 e. The second-order valence-corrected chi connectivity index (χ2v) is 11.0. The number of nitrogens with zero attached hydrogens (tertiary/aromatic N) is 2. The van der Waals surface area contributed by atoms with E-state index >= 15 is 0 Å². The van der Waals surface area contributed by atoms with Crippen LogP contribution in [0.4, 0.5) is 0 Å². The van der Waals surface area contributed by atoms with E-state index in [1.165, 1.54) is 23.5 Å². The van der Waals surface area contributed by atoms with Gasteiger partial charge in [0.15, 0.2) is 0 Å². The summed E-state index contributed by atoms with van der Waals surface area (Å²) in [6.07, 6.45) is 5.32. The van der Waals surface area contributed by atoms with Gasteiger partial charge >= 0.3 is 0 Å². The predicted octanol–water partition coefficient (Wildman–Crippen LogP) is 4.76. The minimum atomic E-state index is -3.70. The monoisotopic (exact) mass is 488 g/mol. The molecular weight excluding hydrogens is 460 g/mol. The number of rotatable bonds is 8. The molecule has 4 rings (SSSR count). The normalized spacial score (nSPS) is 15.2. The highest BCUT2D eigenvalue weighted by atomic mass is 32.2. The SMILES string of the molecule is COc1ccc(S(=O)(=O)N2CCCCCC2)cc1C(=O)N(Cc1ccco1)Cc1cccs1. The lowest BCUT2D eigenvalue weighted by Crippen LogP contribution is -2.33. The number of hydrogen-bond acceptors (Lipinski definition) is 6. The summed E-state index contributed by atoms with van der Waals surface area (Å²) in [5.41, 5.74) is 0.219. The van der Waals surface area contributed by atoms with Crippen molar-refractivity contribution in [1.82, 2.24) is 9.21 Å². The molecule has 1 aliphatic rings. The molecule has 0 bridgehead atoms. The van der Waals surface area contributed by atoms with Gasteiger partial charge in [-0.3, -0.25) is 4.79 Å². The van der Waals surface area contributed by atoms with Crippen molar-refractivity contribution < 1.29 is 22.4 Å². The largest absolute Gasteiger partial charge is 0.496 e. The maximum atomic E-state index is 13.7. The molecule has 0 unspecified atom stereocenters. The molecule has 2 aromatic heterocycles. The van der Waals surface area contributed by atoms with Crippen LogP contribution in [-0.2, 0) is 23.1 Å². The summed E-state index contributed by atoms with van der Waals surface area (Å²) in [5, 5.41) is 1.96. The van der Waals surface area contributed by atoms with E-state index in [4.69, 9.17) is 9.15 Å². The Morgan fingerprint density at radius 3 is 2.52 bits per heavy atom. The Kier molecular flexibility index (Phi) is 7.52. The summed E-state index contributed by atoms with van der Waals surface area (Å²) in [6.45, 7) is 1.64. The molecule has 1 saturated heterocycles. The number of furan rings is 1. The van der Waals surface area contributed by atoms with Crippen LogP contribution < -0.4 is 4.74 Å². The van der Waals surface area contributed by atoms with Crippen LogP contribution in [0.15, 0.2) is 63.4 Å². The molecule has 0 saturated carbocycles. The second kappa shape index (κ2) is 10.5. The van der Waals surface area contributed by atoms with E-state index in [0.717, 1.165) is 30.6 Å². The maximum absolute atomic E-state index is 13.7. The minimum absolute atomic E-state index is 0.114. The predicted molar refractivity (Wildman–Crippen MR) is 127 cm³/mol. The molecule has 1 fully saturated rings. The Balaban J connectivity index is 1.68. The van der Waals surface area contributed by atoms with Gasteiger partial charge in [0.25, 0.3) is 5.91 Å². The number of carbonyl (C=O) groups excluding carboxylic acids is 1. The van der Waals surface area contributed by atoms with Crippen LogP contribution in [0, 0.1) is 0 Å². The van der Waals surface area contributed by atoms with Crippen LogP contribution in [0.1, 0.15) is 46.7 Å². The van der Waals surface area contributed by atoms with Gasteiger partial charge in [-0.05, 0) is 54.6 Å². The number of amides is 1. The van der Waals surface area contributed by atoms with Crippen LogP contribution in [0.3, 0.4) is 0 Å². The number of hydrogen-bond donors (Lipinski definition) is 0. The number of benzene rings is 1. The van der Waals surface area contributed by atoms with Crippen molar-refractivity contribution in [2.24, 2.45) is 0 Å². The Bertz CT molecular complexity index is 1110. The van der Waals surface area contributed by atoms with Crippen molar-refractivity contribution in [2.45, 2.75) is 43.7 Å². The Morgan fingerprint density at radius 1 is 1.09 bits per heavy atom. The number of carbonyl (C=O) groups is 1. The summed E-state index contributed by atoms with van der Waals surface area (Å²) >= 11 is 1.56. The standard InChI is InChI=1S/C24H28N2O5S2/c1-30-23-11-10-21(33(28,29)26-12-4-2-3-5-13-26)16-22(23)24(27)25(17-19-8-6-14-31-19)18-20-9-7-15-32-20/h6-11,14-16H,2-5,12-13,17-18H2,1H3. The molecular formula is C24H28N2O5S2. The fourth-order valence-corrected chi connectivity index (χ4v) is 6.26. The lowest BCUT2D eigenvalue weighted by atomic mass is 10.1. The molecule has 0 aliphatic carbocycles. The molecule has 1 amide bonds. The number of thiophene rings is 1. The first-order chi connectivity index (χ1) is 16.0. The number of sulfonamides is 1. The first kappa shape index (κ1) is 23.5.